The molecule has 0 fully saturated rings. The van der Waals surface area contributed by atoms with Crippen molar-refractivity contribution in [3.63, 3.8) is 0 Å². The average molecular weight is 392 g/mol. The second-order valence-corrected chi connectivity index (χ2v) is 6.57. The Kier molecular flexibility index (Phi) is 4.99. The molecule has 144 valence electrons. The predicted molar refractivity (Wildman–Crippen MR) is 106 cm³/mol. The lowest BCUT2D eigenvalue weighted by Crippen LogP contribution is -2.14. The van der Waals surface area contributed by atoms with Gasteiger partial charge in [0.15, 0.2) is 0 Å². The first kappa shape index (κ1) is 18.7. The van der Waals surface area contributed by atoms with E-state index in [-0.39, 0.29) is 12.3 Å². The maximum absolute atomic E-state index is 14.8. The van der Waals surface area contributed by atoms with Crippen molar-refractivity contribution in [2.45, 2.75) is 6.42 Å². The Morgan fingerprint density at radius 1 is 0.828 bits per heavy atom. The maximum Gasteiger partial charge on any atom is 0.228 e. The fraction of sp³-hybridized carbons (Fsp3) is 0.0435. The van der Waals surface area contributed by atoms with Crippen LogP contribution in [0.2, 0.25) is 0 Å². The molecule has 1 amide bonds. The monoisotopic (exact) mass is 392 g/mol. The molecular formula is C23H15F3N2O. The molecule has 1 heterocycles. The highest BCUT2D eigenvalue weighted by Crippen LogP contribution is 2.30. The molecule has 0 radical (unpaired) electrons. The van der Waals surface area contributed by atoms with E-state index in [0.717, 1.165) is 0 Å². The lowest BCUT2D eigenvalue weighted by molar-refractivity contribution is -0.115. The number of benzene rings is 3. The molecule has 3 nitrogen and oxygen atoms in total. The third-order valence-corrected chi connectivity index (χ3v) is 4.52. The van der Waals surface area contributed by atoms with Crippen molar-refractivity contribution >= 4 is 22.5 Å². The maximum atomic E-state index is 14.8. The van der Waals surface area contributed by atoms with Crippen LogP contribution in [0.15, 0.2) is 72.9 Å². The van der Waals surface area contributed by atoms with Crippen LogP contribution in [0.3, 0.4) is 0 Å². The van der Waals surface area contributed by atoms with E-state index in [1.165, 1.54) is 42.5 Å². The molecule has 0 saturated heterocycles. The van der Waals surface area contributed by atoms with Crippen molar-refractivity contribution in [1.82, 2.24) is 4.98 Å². The summed E-state index contributed by atoms with van der Waals surface area (Å²) in [7, 11) is 0. The zero-order valence-corrected chi connectivity index (χ0v) is 15.1. The average Bonchev–Trinajstić information content (AvgIpc) is 2.69. The molecule has 4 rings (SSSR count). The summed E-state index contributed by atoms with van der Waals surface area (Å²) < 4.78 is 41.4. The topological polar surface area (TPSA) is 42.0 Å². The van der Waals surface area contributed by atoms with Crippen molar-refractivity contribution in [3.05, 3.63) is 95.9 Å². The Balaban J connectivity index is 1.58. The molecule has 0 atom stereocenters. The summed E-state index contributed by atoms with van der Waals surface area (Å²) >= 11 is 0. The van der Waals surface area contributed by atoms with Gasteiger partial charge in [0.2, 0.25) is 5.91 Å². The first-order chi connectivity index (χ1) is 14.0. The number of nitrogens with zero attached hydrogens (tertiary/aromatic N) is 1. The number of anilines is 1. The first-order valence-electron chi connectivity index (χ1n) is 8.88. The third-order valence-electron chi connectivity index (χ3n) is 4.52. The number of aromatic nitrogens is 1. The molecule has 0 aliphatic rings. The van der Waals surface area contributed by atoms with Crippen LogP contribution >= 0.6 is 0 Å². The zero-order valence-electron chi connectivity index (χ0n) is 15.1. The zero-order chi connectivity index (χ0) is 20.4. The number of carbonyl (C=O) groups excluding carboxylic acids is 1. The van der Waals surface area contributed by atoms with Gasteiger partial charge < -0.3 is 5.32 Å². The van der Waals surface area contributed by atoms with Gasteiger partial charge in [-0.3, -0.25) is 9.78 Å². The number of hydrogen-bond donors (Lipinski definition) is 1. The summed E-state index contributed by atoms with van der Waals surface area (Å²) in [6.45, 7) is 0. The number of pyridine rings is 1. The Hall–Kier alpha value is -3.67. The minimum Gasteiger partial charge on any atom is -0.326 e. The SMILES string of the molecule is O=C(Cc1ccc(-c2ccnc3ccc(F)cc23)c(F)c1)Nc1ccc(F)cc1. The number of nitrogens with one attached hydrogen (secondary N) is 1. The van der Waals surface area contributed by atoms with Crippen molar-refractivity contribution < 1.29 is 18.0 Å². The van der Waals surface area contributed by atoms with E-state index in [2.05, 4.69) is 10.3 Å². The molecule has 0 aliphatic heterocycles. The third kappa shape index (κ3) is 4.11. The van der Waals surface area contributed by atoms with Crippen LogP contribution < -0.4 is 5.32 Å². The van der Waals surface area contributed by atoms with E-state index in [0.29, 0.717) is 33.3 Å². The standard InChI is InChI=1S/C23H15F3N2O/c24-15-2-5-17(6-3-15)28-23(29)12-14-1-7-19(21(26)11-14)18-9-10-27-22-8-4-16(25)13-20(18)22/h1-11,13H,12H2,(H,28,29). The van der Waals surface area contributed by atoms with E-state index in [1.54, 1.807) is 30.5 Å². The quantitative estimate of drug-likeness (QED) is 0.498. The molecule has 0 bridgehead atoms. The Bertz CT molecular complexity index is 1210. The Morgan fingerprint density at radius 3 is 2.34 bits per heavy atom. The van der Waals surface area contributed by atoms with E-state index in [9.17, 15) is 18.0 Å². The predicted octanol–water partition coefficient (Wildman–Crippen LogP) is 5.50. The van der Waals surface area contributed by atoms with Crippen LogP contribution in [0.5, 0.6) is 0 Å². The van der Waals surface area contributed by atoms with Crippen LogP contribution in [0.25, 0.3) is 22.0 Å². The van der Waals surface area contributed by atoms with Gasteiger partial charge in [-0.1, -0.05) is 12.1 Å². The van der Waals surface area contributed by atoms with Crippen LogP contribution in [-0.2, 0) is 11.2 Å². The highest BCUT2D eigenvalue weighted by Gasteiger charge is 2.12. The van der Waals surface area contributed by atoms with E-state index >= 15 is 0 Å². The summed E-state index contributed by atoms with van der Waals surface area (Å²) in [6, 6.07) is 15.7. The van der Waals surface area contributed by atoms with Gasteiger partial charge in [-0.05, 0) is 65.7 Å². The molecule has 3 aromatic carbocycles. The van der Waals surface area contributed by atoms with Crippen LogP contribution in [-0.4, -0.2) is 10.9 Å². The van der Waals surface area contributed by atoms with E-state index < -0.39 is 17.5 Å². The fourth-order valence-electron chi connectivity index (χ4n) is 3.16. The number of hydrogen-bond acceptors (Lipinski definition) is 2. The highest BCUT2D eigenvalue weighted by atomic mass is 19.1. The van der Waals surface area contributed by atoms with Crippen LogP contribution in [0.1, 0.15) is 5.56 Å². The van der Waals surface area contributed by atoms with Gasteiger partial charge in [-0.25, -0.2) is 13.2 Å². The Labute approximate surface area is 164 Å². The Morgan fingerprint density at radius 2 is 1.59 bits per heavy atom. The molecule has 0 unspecified atom stereocenters. The van der Waals surface area contributed by atoms with Crippen molar-refractivity contribution in [3.8, 4) is 11.1 Å². The number of carbonyl (C=O) groups is 1. The van der Waals surface area contributed by atoms with Gasteiger partial charge in [0.05, 0.1) is 11.9 Å². The van der Waals surface area contributed by atoms with Gasteiger partial charge in [0, 0.05) is 22.8 Å². The highest BCUT2D eigenvalue weighted by molar-refractivity contribution is 5.95. The van der Waals surface area contributed by atoms with Crippen molar-refractivity contribution in [2.24, 2.45) is 0 Å². The lowest BCUT2D eigenvalue weighted by Gasteiger charge is -2.10. The lowest BCUT2D eigenvalue weighted by atomic mass is 9.98. The normalized spacial score (nSPS) is 10.9. The molecule has 1 N–H and O–H groups in total. The molecule has 1 aromatic heterocycles. The molecule has 29 heavy (non-hydrogen) atoms. The van der Waals surface area contributed by atoms with Gasteiger partial charge in [-0.15, -0.1) is 0 Å². The van der Waals surface area contributed by atoms with Crippen LogP contribution in [0.4, 0.5) is 18.9 Å². The summed E-state index contributed by atoms with van der Waals surface area (Å²) in [5.41, 5.74) is 2.32. The second kappa shape index (κ2) is 7.75. The number of halogens is 3. The fourth-order valence-corrected chi connectivity index (χ4v) is 3.16. The second-order valence-electron chi connectivity index (χ2n) is 6.57. The largest absolute Gasteiger partial charge is 0.326 e. The summed E-state index contributed by atoms with van der Waals surface area (Å²) in [4.78, 5) is 16.3. The minimum atomic E-state index is -0.520. The molecule has 0 spiro atoms. The molecule has 4 aromatic rings. The van der Waals surface area contributed by atoms with Gasteiger partial charge in [0.25, 0.3) is 0 Å². The molecular weight excluding hydrogens is 377 g/mol. The van der Waals surface area contributed by atoms with Crippen molar-refractivity contribution in [1.29, 1.82) is 0 Å². The van der Waals surface area contributed by atoms with Crippen LogP contribution in [0, 0.1) is 17.5 Å². The molecule has 0 saturated carbocycles. The number of amides is 1. The van der Waals surface area contributed by atoms with Gasteiger partial charge >= 0.3 is 0 Å². The number of fused-ring (bicyclic) bond motifs is 1. The smallest absolute Gasteiger partial charge is 0.228 e. The van der Waals surface area contributed by atoms with E-state index in [1.807, 2.05) is 0 Å². The van der Waals surface area contributed by atoms with Gasteiger partial charge in [0.1, 0.15) is 17.5 Å². The molecule has 0 aliphatic carbocycles. The minimum absolute atomic E-state index is 0.0414. The van der Waals surface area contributed by atoms with Gasteiger partial charge in [-0.2, -0.15) is 0 Å². The first-order valence-corrected chi connectivity index (χ1v) is 8.88. The van der Waals surface area contributed by atoms with E-state index in [4.69, 9.17) is 0 Å². The summed E-state index contributed by atoms with van der Waals surface area (Å²) in [5, 5.41) is 3.14. The summed E-state index contributed by atoms with van der Waals surface area (Å²) in [5.74, 6) is -1.69. The number of rotatable bonds is 4. The molecule has 6 heteroatoms. The summed E-state index contributed by atoms with van der Waals surface area (Å²) in [6.07, 6.45) is 1.50. The van der Waals surface area contributed by atoms with Crippen molar-refractivity contribution in [2.75, 3.05) is 5.32 Å².